The number of carbonyl (C=O) groups excluding carboxylic acids is 2. The third kappa shape index (κ3) is 6.43. The predicted molar refractivity (Wildman–Crippen MR) is 129 cm³/mol. The number of fused-ring (bicyclic) bond motifs is 1. The quantitative estimate of drug-likeness (QED) is 0.302. The van der Waals surface area contributed by atoms with Gasteiger partial charge in [-0.1, -0.05) is 6.92 Å². The van der Waals surface area contributed by atoms with E-state index in [-0.39, 0.29) is 41.7 Å². The second kappa shape index (κ2) is 11.4. The summed E-state index contributed by atoms with van der Waals surface area (Å²) < 4.78 is 51.7. The van der Waals surface area contributed by atoms with Gasteiger partial charge in [0.05, 0.1) is 23.8 Å². The molecule has 0 radical (unpaired) electrons. The van der Waals surface area contributed by atoms with Crippen LogP contribution in [0.2, 0.25) is 0 Å². The van der Waals surface area contributed by atoms with E-state index < -0.39 is 21.7 Å². The summed E-state index contributed by atoms with van der Waals surface area (Å²) in [7, 11) is -0.922. The number of carbonyl (C=O) groups is 2. The van der Waals surface area contributed by atoms with Gasteiger partial charge in [-0.15, -0.1) is 0 Å². The Morgan fingerprint density at radius 3 is 2.51 bits per heavy atom. The molecule has 9 nitrogen and oxygen atoms in total. The van der Waals surface area contributed by atoms with Crippen LogP contribution in [0.25, 0.3) is 22.4 Å². The van der Waals surface area contributed by atoms with Gasteiger partial charge in [0.15, 0.2) is 0 Å². The Balaban J connectivity index is 1.91. The summed E-state index contributed by atoms with van der Waals surface area (Å²) in [6, 6.07) is 7.22. The van der Waals surface area contributed by atoms with Crippen LogP contribution in [0, 0.1) is 5.82 Å². The monoisotopic (exact) mass is 505 g/mol. The fourth-order valence-corrected chi connectivity index (χ4v) is 4.81. The average Bonchev–Trinajstić information content (AvgIpc) is 3.20. The molecular weight excluding hydrogens is 477 g/mol. The molecule has 2 heterocycles. The van der Waals surface area contributed by atoms with Crippen LogP contribution in [0.5, 0.6) is 0 Å². The summed E-state index contributed by atoms with van der Waals surface area (Å²) in [5.41, 5.74) is 1.82. The highest BCUT2D eigenvalue weighted by Gasteiger charge is 2.25. The number of hydrogen-bond donors (Lipinski definition) is 2. The number of benzene rings is 1. The molecule has 2 N–H and O–H groups in total. The van der Waals surface area contributed by atoms with Crippen LogP contribution in [0.1, 0.15) is 47.8 Å². The number of methoxy groups -OCH3 is 1. The largest absolute Gasteiger partial charge is 0.469 e. The molecule has 188 valence electrons. The number of nitrogens with zero attached hydrogens (tertiary/aromatic N) is 1. The SMILES string of the molecule is CCc1cc2c(C(=O)NC)c(-c3ccc(F)cc3)oc2nc1CS(=O)(=O)NCCCCC(=O)OC. The molecule has 0 spiro atoms. The van der Waals surface area contributed by atoms with Crippen molar-refractivity contribution in [3.05, 3.63) is 53.0 Å². The highest BCUT2D eigenvalue weighted by molar-refractivity contribution is 7.88. The van der Waals surface area contributed by atoms with Crippen molar-refractivity contribution in [3.63, 3.8) is 0 Å². The minimum Gasteiger partial charge on any atom is -0.469 e. The number of amides is 1. The van der Waals surface area contributed by atoms with E-state index in [0.29, 0.717) is 41.5 Å². The van der Waals surface area contributed by atoms with Crippen LogP contribution >= 0.6 is 0 Å². The summed E-state index contributed by atoms with van der Waals surface area (Å²) in [5.74, 6) is -1.32. The first-order valence-corrected chi connectivity index (χ1v) is 12.8. The highest BCUT2D eigenvalue weighted by Crippen LogP contribution is 2.34. The van der Waals surface area contributed by atoms with Crippen LogP contribution in [0.15, 0.2) is 34.7 Å². The number of furan rings is 1. The van der Waals surface area contributed by atoms with E-state index in [9.17, 15) is 22.4 Å². The van der Waals surface area contributed by atoms with Crippen LogP contribution in [0.4, 0.5) is 4.39 Å². The molecule has 0 saturated heterocycles. The fourth-order valence-electron chi connectivity index (χ4n) is 3.64. The number of halogens is 1. The number of esters is 1. The number of aryl methyl sites for hydroxylation is 1. The average molecular weight is 506 g/mol. The van der Waals surface area contributed by atoms with Crippen LogP contribution in [0.3, 0.4) is 0 Å². The van der Waals surface area contributed by atoms with E-state index in [4.69, 9.17) is 4.42 Å². The van der Waals surface area contributed by atoms with Crippen LogP contribution < -0.4 is 10.0 Å². The van der Waals surface area contributed by atoms with Crippen molar-refractivity contribution in [2.24, 2.45) is 0 Å². The molecular formula is C24H28FN3O6S. The van der Waals surface area contributed by atoms with Gasteiger partial charge in [0.2, 0.25) is 15.7 Å². The Labute approximate surface area is 203 Å². The topological polar surface area (TPSA) is 128 Å². The molecule has 3 rings (SSSR count). The van der Waals surface area contributed by atoms with Gasteiger partial charge in [0.25, 0.3) is 5.91 Å². The summed E-state index contributed by atoms with van der Waals surface area (Å²) >= 11 is 0. The molecule has 1 aromatic carbocycles. The standard InChI is InChI=1S/C24H28FN3O6S/c1-4-15-13-18-21(23(30)26-2)22(16-8-10-17(25)11-9-16)34-24(18)28-19(15)14-35(31,32)27-12-6-5-7-20(29)33-3/h8-11,13,27H,4-7,12,14H2,1-3H3,(H,26,30). The molecule has 0 atom stereocenters. The molecule has 0 saturated carbocycles. The Bertz CT molecular complexity index is 1320. The fraction of sp³-hybridized carbons (Fsp3) is 0.375. The zero-order valence-electron chi connectivity index (χ0n) is 19.8. The van der Waals surface area contributed by atoms with E-state index in [0.717, 1.165) is 0 Å². The Morgan fingerprint density at radius 1 is 1.17 bits per heavy atom. The summed E-state index contributed by atoms with van der Waals surface area (Å²) in [6.07, 6.45) is 1.69. The van der Waals surface area contributed by atoms with Crippen molar-refractivity contribution in [1.29, 1.82) is 0 Å². The van der Waals surface area contributed by atoms with Crippen molar-refractivity contribution in [2.45, 2.75) is 38.4 Å². The van der Waals surface area contributed by atoms with Crippen molar-refractivity contribution >= 4 is 33.0 Å². The highest BCUT2D eigenvalue weighted by atomic mass is 32.2. The van der Waals surface area contributed by atoms with Crippen LogP contribution in [-0.2, 0) is 31.7 Å². The molecule has 0 aliphatic carbocycles. The first kappa shape index (κ1) is 26.3. The maximum atomic E-state index is 13.4. The lowest BCUT2D eigenvalue weighted by Gasteiger charge is -2.10. The first-order valence-electron chi connectivity index (χ1n) is 11.2. The third-order valence-electron chi connectivity index (χ3n) is 5.48. The number of nitrogens with one attached hydrogen (secondary N) is 2. The van der Waals surface area contributed by atoms with Crippen LogP contribution in [-0.4, -0.2) is 46.0 Å². The second-order valence-corrected chi connectivity index (χ2v) is 9.69. The Hall–Kier alpha value is -3.31. The molecule has 35 heavy (non-hydrogen) atoms. The first-order chi connectivity index (χ1) is 16.7. The molecule has 11 heteroatoms. The molecule has 0 bridgehead atoms. The summed E-state index contributed by atoms with van der Waals surface area (Å²) in [4.78, 5) is 28.3. The summed E-state index contributed by atoms with van der Waals surface area (Å²) in [5, 5.41) is 3.02. The maximum absolute atomic E-state index is 13.4. The van der Waals surface area contributed by atoms with Crippen molar-refractivity contribution in [2.75, 3.05) is 20.7 Å². The Morgan fingerprint density at radius 2 is 1.89 bits per heavy atom. The number of ether oxygens (including phenoxy) is 1. The number of unbranched alkanes of at least 4 members (excludes halogenated alkanes) is 1. The van der Waals surface area contributed by atoms with E-state index >= 15 is 0 Å². The molecule has 3 aromatic rings. The van der Waals surface area contributed by atoms with Gasteiger partial charge in [-0.25, -0.2) is 22.5 Å². The predicted octanol–water partition coefficient (Wildman–Crippen LogP) is 3.32. The van der Waals surface area contributed by atoms with Crippen molar-refractivity contribution in [1.82, 2.24) is 15.0 Å². The van der Waals surface area contributed by atoms with Gasteiger partial charge in [0, 0.05) is 25.6 Å². The molecule has 2 aromatic heterocycles. The normalized spacial score (nSPS) is 11.5. The molecule has 0 fully saturated rings. The number of sulfonamides is 1. The van der Waals surface area contributed by atoms with E-state index in [1.54, 1.807) is 6.07 Å². The summed E-state index contributed by atoms with van der Waals surface area (Å²) in [6.45, 7) is 2.04. The molecule has 0 aliphatic heterocycles. The molecule has 0 aliphatic rings. The third-order valence-corrected chi connectivity index (χ3v) is 6.77. The van der Waals surface area contributed by atoms with Gasteiger partial charge in [-0.05, 0) is 55.2 Å². The van der Waals surface area contributed by atoms with Crippen molar-refractivity contribution < 1.29 is 31.6 Å². The number of rotatable bonds is 11. The number of pyridine rings is 1. The lowest BCUT2D eigenvalue weighted by molar-refractivity contribution is -0.140. The van der Waals surface area contributed by atoms with Gasteiger partial charge < -0.3 is 14.5 Å². The molecule has 0 unspecified atom stereocenters. The zero-order chi connectivity index (χ0) is 25.6. The Kier molecular flexibility index (Phi) is 8.57. The number of aromatic nitrogens is 1. The van der Waals surface area contributed by atoms with E-state index in [1.165, 1.54) is 38.4 Å². The maximum Gasteiger partial charge on any atom is 0.305 e. The van der Waals surface area contributed by atoms with Gasteiger partial charge in [0.1, 0.15) is 17.3 Å². The smallest absolute Gasteiger partial charge is 0.305 e. The van der Waals surface area contributed by atoms with E-state index in [2.05, 4.69) is 19.8 Å². The number of hydrogen-bond acceptors (Lipinski definition) is 7. The van der Waals surface area contributed by atoms with E-state index in [1.807, 2.05) is 6.92 Å². The lowest BCUT2D eigenvalue weighted by atomic mass is 10.0. The van der Waals surface area contributed by atoms with Crippen molar-refractivity contribution in [3.8, 4) is 11.3 Å². The molecule has 1 amide bonds. The lowest BCUT2D eigenvalue weighted by Crippen LogP contribution is -2.27. The van der Waals surface area contributed by atoms with Gasteiger partial charge >= 0.3 is 5.97 Å². The minimum absolute atomic E-state index is 0.114. The minimum atomic E-state index is -3.71. The van der Waals surface area contributed by atoms with Gasteiger partial charge in [-0.2, -0.15) is 0 Å². The zero-order valence-corrected chi connectivity index (χ0v) is 20.6. The van der Waals surface area contributed by atoms with Gasteiger partial charge in [-0.3, -0.25) is 9.59 Å². The second-order valence-electron chi connectivity index (χ2n) is 7.88.